The van der Waals surface area contributed by atoms with Crippen LogP contribution in [0.25, 0.3) is 4.72 Å². The van der Waals surface area contributed by atoms with Gasteiger partial charge in [-0.3, -0.25) is 9.48 Å². The molecule has 2 amide bonds. The van der Waals surface area contributed by atoms with E-state index in [9.17, 15) is 13.2 Å². The van der Waals surface area contributed by atoms with Gasteiger partial charge < -0.3 is 19.7 Å². The number of sulfonamides is 1. The van der Waals surface area contributed by atoms with Crippen molar-refractivity contribution in [2.24, 2.45) is 7.05 Å². The number of carbonyl (C=O) groups excluding carboxylic acids is 1. The molecular weight excluding hydrogens is 453 g/mol. The number of hydrogen-bond acceptors (Lipinski definition) is 6. The summed E-state index contributed by atoms with van der Waals surface area (Å²) in [6, 6.07) is 1.41. The van der Waals surface area contributed by atoms with Crippen molar-refractivity contribution in [1.82, 2.24) is 9.78 Å². The smallest absolute Gasteiger partial charge is 0.423 e. The van der Waals surface area contributed by atoms with Crippen LogP contribution >= 0.6 is 0 Å². The summed E-state index contributed by atoms with van der Waals surface area (Å²) in [5.41, 5.74) is 6.23. The molecule has 0 saturated carbocycles. The second-order valence-electron chi connectivity index (χ2n) is 8.84. The quantitative estimate of drug-likeness (QED) is 0.553. The van der Waals surface area contributed by atoms with Gasteiger partial charge in [-0.15, -0.1) is 0 Å². The Morgan fingerprint density at radius 2 is 2.03 bits per heavy atom. The Kier molecular flexibility index (Phi) is 7.40. The third-order valence-corrected chi connectivity index (χ3v) is 7.60. The van der Waals surface area contributed by atoms with E-state index in [4.69, 9.17) is 4.74 Å². The summed E-state index contributed by atoms with van der Waals surface area (Å²) in [6.07, 6.45) is 10.0. The molecule has 1 N–H and O–H groups in total. The molecule has 1 aliphatic heterocycles. The van der Waals surface area contributed by atoms with Crippen LogP contribution in [0.15, 0.2) is 18.5 Å². The molecule has 0 bridgehead atoms. The van der Waals surface area contributed by atoms with Crippen molar-refractivity contribution in [2.75, 3.05) is 29.2 Å². The van der Waals surface area contributed by atoms with E-state index in [1.54, 1.807) is 29.0 Å². The third kappa shape index (κ3) is 5.40. The summed E-state index contributed by atoms with van der Waals surface area (Å²) >= 11 is 0. The molecule has 3 aliphatic rings. The first-order valence-corrected chi connectivity index (χ1v) is 12.8. The average Bonchev–Trinajstić information content (AvgIpc) is 3.44. The zero-order valence-electron chi connectivity index (χ0n) is 19.2. The van der Waals surface area contributed by atoms with Crippen molar-refractivity contribution in [3.05, 3.63) is 45.4 Å². The number of anilines is 2. The van der Waals surface area contributed by atoms with E-state index in [2.05, 4.69) is 21.2 Å². The van der Waals surface area contributed by atoms with Crippen molar-refractivity contribution < 1.29 is 47.5 Å². The second-order valence-corrected chi connectivity index (χ2v) is 10.4. The molecule has 1 fully saturated rings. The molecular formula is C22H28N5NaO4S. The Morgan fingerprint density at radius 3 is 2.70 bits per heavy atom. The summed E-state index contributed by atoms with van der Waals surface area (Å²) in [6.45, 7) is 1.08. The minimum Gasteiger partial charge on any atom is -0.423 e. The molecule has 33 heavy (non-hydrogen) atoms. The van der Waals surface area contributed by atoms with Gasteiger partial charge in [-0.05, 0) is 72.9 Å². The van der Waals surface area contributed by atoms with Gasteiger partial charge in [-0.1, -0.05) is 6.07 Å². The zero-order chi connectivity index (χ0) is 22.3. The van der Waals surface area contributed by atoms with E-state index in [0.717, 1.165) is 61.8 Å². The topological polar surface area (TPSA) is 108 Å². The van der Waals surface area contributed by atoms with Gasteiger partial charge in [-0.2, -0.15) is 5.10 Å². The molecule has 9 nitrogen and oxygen atoms in total. The Labute approximate surface area is 216 Å². The molecule has 1 aromatic heterocycles. The summed E-state index contributed by atoms with van der Waals surface area (Å²) in [5, 5.41) is 6.95. The summed E-state index contributed by atoms with van der Waals surface area (Å²) < 4.78 is 36.6. The van der Waals surface area contributed by atoms with Crippen LogP contribution in [0.4, 0.5) is 16.2 Å². The SMILES string of the molecule is Cn1cc(N(C[C@@H]2CCCO2)CS(=O)(=O)[N-]C(=O)Nc2c3c(cc4c2CC4)CCC3)cn1.[Na+]. The van der Waals surface area contributed by atoms with Gasteiger partial charge in [0.25, 0.3) is 0 Å². The van der Waals surface area contributed by atoms with Gasteiger partial charge in [0, 0.05) is 26.4 Å². The van der Waals surface area contributed by atoms with Crippen LogP contribution in [0.1, 0.15) is 41.5 Å². The Morgan fingerprint density at radius 1 is 1.24 bits per heavy atom. The first-order valence-electron chi connectivity index (χ1n) is 11.2. The number of benzene rings is 1. The number of nitrogens with one attached hydrogen (secondary N) is 1. The standard InChI is InChI=1S/C22H29N5O4S.Na/c1-26-12-17(11-23-26)27(13-18-5-3-9-31-18)14-32(29,30)25-22(28)24-21-19-6-2-4-15(19)10-16-7-8-20(16)21;/h10-12,18H,2-9,13-14H2,1H3,(H2,24,25,28);/q;+1/p-1/t18-;/m0./s1. The van der Waals surface area contributed by atoms with E-state index in [1.165, 1.54) is 11.1 Å². The third-order valence-electron chi connectivity index (χ3n) is 6.52. The number of fused-ring (bicyclic) bond motifs is 2. The number of carbonyl (C=O) groups is 1. The van der Waals surface area contributed by atoms with Crippen molar-refractivity contribution in [1.29, 1.82) is 0 Å². The van der Waals surface area contributed by atoms with Gasteiger partial charge in [0.05, 0.1) is 18.0 Å². The molecule has 0 unspecified atom stereocenters. The fraction of sp³-hybridized carbons (Fsp3) is 0.545. The molecule has 11 heteroatoms. The molecule has 0 spiro atoms. The Balaban J connectivity index is 0.00000259. The fourth-order valence-electron chi connectivity index (χ4n) is 4.91. The van der Waals surface area contributed by atoms with Gasteiger partial charge in [0.2, 0.25) is 0 Å². The number of hydrogen-bond donors (Lipinski definition) is 1. The molecule has 5 rings (SSSR count). The number of ether oxygens (including phenoxy) is 1. The first kappa shape index (κ1) is 24.5. The van der Waals surface area contributed by atoms with Gasteiger partial charge >= 0.3 is 29.6 Å². The number of aryl methyl sites for hydroxylation is 3. The number of aromatic nitrogens is 2. The van der Waals surface area contributed by atoms with E-state index in [1.807, 2.05) is 0 Å². The maximum Gasteiger partial charge on any atom is 1.00 e. The van der Waals surface area contributed by atoms with Crippen molar-refractivity contribution >= 4 is 27.4 Å². The number of amides is 2. The first-order chi connectivity index (χ1) is 15.4. The van der Waals surface area contributed by atoms with Gasteiger partial charge in [0.15, 0.2) is 16.1 Å². The average molecular weight is 482 g/mol. The fourth-order valence-corrected chi connectivity index (χ4v) is 5.92. The van der Waals surface area contributed by atoms with E-state index in [-0.39, 0.29) is 35.7 Å². The van der Waals surface area contributed by atoms with Gasteiger partial charge in [0.1, 0.15) is 5.88 Å². The van der Waals surface area contributed by atoms with Crippen molar-refractivity contribution in [3.8, 4) is 0 Å². The minimum atomic E-state index is -4.05. The molecule has 2 aromatic rings. The van der Waals surface area contributed by atoms with Crippen LogP contribution < -0.4 is 39.8 Å². The largest absolute Gasteiger partial charge is 1.00 e. The van der Waals surface area contributed by atoms with Crippen LogP contribution in [0.5, 0.6) is 0 Å². The molecule has 1 saturated heterocycles. The van der Waals surface area contributed by atoms with Crippen LogP contribution in [-0.2, 0) is 47.5 Å². The maximum atomic E-state index is 12.9. The number of rotatable bonds is 7. The molecule has 2 heterocycles. The minimum absolute atomic E-state index is 0. The summed E-state index contributed by atoms with van der Waals surface area (Å²) in [5.74, 6) is -0.406. The molecule has 2 aliphatic carbocycles. The van der Waals surface area contributed by atoms with Crippen LogP contribution in [-0.4, -0.2) is 49.4 Å². The normalized spacial score (nSPS) is 18.6. The van der Waals surface area contributed by atoms with Gasteiger partial charge in [-0.25, -0.2) is 8.42 Å². The summed E-state index contributed by atoms with van der Waals surface area (Å²) in [4.78, 5) is 14.3. The van der Waals surface area contributed by atoms with Crippen molar-refractivity contribution in [2.45, 2.75) is 51.0 Å². The van der Waals surface area contributed by atoms with E-state index >= 15 is 0 Å². The Bertz CT molecular complexity index is 1140. The second kappa shape index (κ2) is 9.95. The van der Waals surface area contributed by atoms with Crippen LogP contribution in [0, 0.1) is 0 Å². The molecule has 172 valence electrons. The monoisotopic (exact) mass is 481 g/mol. The molecule has 1 atom stereocenters. The number of urea groups is 1. The molecule has 1 aromatic carbocycles. The predicted molar refractivity (Wildman–Crippen MR) is 122 cm³/mol. The van der Waals surface area contributed by atoms with E-state index in [0.29, 0.717) is 18.8 Å². The predicted octanol–water partition coefficient (Wildman–Crippen LogP) is -0.110. The van der Waals surface area contributed by atoms with Crippen molar-refractivity contribution in [3.63, 3.8) is 0 Å². The zero-order valence-corrected chi connectivity index (χ0v) is 22.0. The van der Waals surface area contributed by atoms with E-state index < -0.39 is 21.9 Å². The maximum absolute atomic E-state index is 12.9. The summed E-state index contributed by atoms with van der Waals surface area (Å²) in [7, 11) is -2.28. The van der Waals surface area contributed by atoms with Crippen LogP contribution in [0.3, 0.4) is 0 Å². The Hall–Kier alpha value is -1.59. The molecule has 0 radical (unpaired) electrons. The number of nitrogens with zero attached hydrogens (tertiary/aromatic N) is 4. The van der Waals surface area contributed by atoms with Crippen LogP contribution in [0.2, 0.25) is 0 Å².